The molecule has 128 valence electrons. The molecule has 1 atom stereocenters. The molecule has 7 nitrogen and oxygen atoms in total. The molecular formula is C15H23N3O4S. The third kappa shape index (κ3) is 4.73. The Hall–Kier alpha value is -1.51. The highest BCUT2D eigenvalue weighted by Crippen LogP contribution is 2.21. The van der Waals surface area contributed by atoms with Crippen molar-refractivity contribution in [3.63, 3.8) is 0 Å². The van der Waals surface area contributed by atoms with E-state index in [0.29, 0.717) is 31.1 Å². The third-order valence-corrected chi connectivity index (χ3v) is 4.97. The number of thiazole rings is 1. The van der Waals surface area contributed by atoms with Gasteiger partial charge in [-0.05, 0) is 20.4 Å². The van der Waals surface area contributed by atoms with Crippen molar-refractivity contribution in [1.29, 1.82) is 0 Å². The minimum Gasteiger partial charge on any atom is -0.480 e. The number of aliphatic carboxylic acids is 1. The summed E-state index contributed by atoms with van der Waals surface area (Å²) in [6.07, 6.45) is 0.653. The van der Waals surface area contributed by atoms with Crippen molar-refractivity contribution in [2.45, 2.75) is 26.4 Å². The predicted molar refractivity (Wildman–Crippen MR) is 87.0 cm³/mol. The lowest BCUT2D eigenvalue weighted by atomic mass is 10.2. The van der Waals surface area contributed by atoms with E-state index in [-0.39, 0.29) is 18.6 Å². The van der Waals surface area contributed by atoms with Gasteiger partial charge in [-0.15, -0.1) is 11.3 Å². The molecule has 1 fully saturated rings. The van der Waals surface area contributed by atoms with E-state index in [1.165, 1.54) is 11.3 Å². The highest BCUT2D eigenvalue weighted by molar-refractivity contribution is 7.13. The fourth-order valence-electron chi connectivity index (χ4n) is 2.60. The number of carboxylic acids is 1. The first-order valence-corrected chi connectivity index (χ1v) is 8.49. The summed E-state index contributed by atoms with van der Waals surface area (Å²) in [5, 5.41) is 9.78. The molecule has 0 radical (unpaired) electrons. The Kier molecular flexibility index (Phi) is 6.09. The molecular weight excluding hydrogens is 318 g/mol. The van der Waals surface area contributed by atoms with E-state index in [9.17, 15) is 9.59 Å². The van der Waals surface area contributed by atoms with Crippen LogP contribution in [0.1, 0.15) is 27.3 Å². The normalized spacial score (nSPS) is 18.4. The van der Waals surface area contributed by atoms with E-state index in [0.717, 1.165) is 17.1 Å². The Morgan fingerprint density at radius 1 is 1.52 bits per heavy atom. The van der Waals surface area contributed by atoms with Crippen LogP contribution in [-0.2, 0) is 16.0 Å². The first-order valence-electron chi connectivity index (χ1n) is 7.68. The standard InChI is InChI=1S/C15H23N3O4S/c1-4-12-16-10(2)14(23-12)15(21)18-5-6-22-11(8-18)7-17(3)9-13(19)20/h11H,4-9H2,1-3H3,(H,19,20). The molecule has 1 unspecified atom stereocenters. The Morgan fingerprint density at radius 2 is 2.26 bits per heavy atom. The average Bonchev–Trinajstić information content (AvgIpc) is 2.87. The summed E-state index contributed by atoms with van der Waals surface area (Å²) in [6, 6.07) is 0. The maximum Gasteiger partial charge on any atom is 0.317 e. The van der Waals surface area contributed by atoms with Crippen molar-refractivity contribution in [3.8, 4) is 0 Å². The van der Waals surface area contributed by atoms with Gasteiger partial charge in [0.1, 0.15) is 4.88 Å². The Morgan fingerprint density at radius 3 is 2.87 bits per heavy atom. The molecule has 0 aliphatic carbocycles. The fraction of sp³-hybridized carbons (Fsp3) is 0.667. The lowest BCUT2D eigenvalue weighted by Gasteiger charge is -2.34. The second kappa shape index (κ2) is 7.85. The van der Waals surface area contributed by atoms with Crippen molar-refractivity contribution < 1.29 is 19.4 Å². The van der Waals surface area contributed by atoms with E-state index < -0.39 is 5.97 Å². The van der Waals surface area contributed by atoms with Gasteiger partial charge in [0.05, 0.1) is 30.0 Å². The van der Waals surface area contributed by atoms with Gasteiger partial charge in [-0.2, -0.15) is 0 Å². The summed E-state index contributed by atoms with van der Waals surface area (Å²) < 4.78 is 5.66. The van der Waals surface area contributed by atoms with Crippen LogP contribution >= 0.6 is 11.3 Å². The zero-order valence-electron chi connectivity index (χ0n) is 13.7. The van der Waals surface area contributed by atoms with Crippen LogP contribution in [-0.4, -0.2) is 77.7 Å². The zero-order chi connectivity index (χ0) is 17.0. The first-order chi connectivity index (χ1) is 10.9. The largest absolute Gasteiger partial charge is 0.480 e. The summed E-state index contributed by atoms with van der Waals surface area (Å²) >= 11 is 1.45. The van der Waals surface area contributed by atoms with E-state index in [2.05, 4.69) is 4.98 Å². The Bertz CT molecular complexity index is 575. The van der Waals surface area contributed by atoms with Crippen LogP contribution in [0.2, 0.25) is 0 Å². The number of nitrogens with zero attached hydrogens (tertiary/aromatic N) is 3. The van der Waals surface area contributed by atoms with Crippen LogP contribution in [0.15, 0.2) is 0 Å². The summed E-state index contributed by atoms with van der Waals surface area (Å²) in [5.41, 5.74) is 0.780. The van der Waals surface area contributed by atoms with Gasteiger partial charge in [-0.1, -0.05) is 6.92 Å². The average molecular weight is 341 g/mol. The third-order valence-electron chi connectivity index (χ3n) is 3.68. The van der Waals surface area contributed by atoms with Gasteiger partial charge in [0.15, 0.2) is 0 Å². The van der Waals surface area contributed by atoms with E-state index in [1.807, 2.05) is 13.8 Å². The minimum atomic E-state index is -0.872. The monoisotopic (exact) mass is 341 g/mol. The van der Waals surface area contributed by atoms with Gasteiger partial charge in [0.2, 0.25) is 0 Å². The SMILES string of the molecule is CCc1nc(C)c(C(=O)N2CCOC(CN(C)CC(=O)O)C2)s1. The van der Waals surface area contributed by atoms with Gasteiger partial charge < -0.3 is 14.7 Å². The molecule has 0 saturated carbocycles. The summed E-state index contributed by atoms with van der Waals surface area (Å²) in [5.74, 6) is -0.877. The number of morpholine rings is 1. The predicted octanol–water partition coefficient (Wildman–Crippen LogP) is 0.871. The molecule has 1 amide bonds. The topological polar surface area (TPSA) is 83.0 Å². The Balaban J connectivity index is 1.98. The van der Waals surface area contributed by atoms with E-state index >= 15 is 0 Å². The highest BCUT2D eigenvalue weighted by Gasteiger charge is 2.28. The van der Waals surface area contributed by atoms with Crippen molar-refractivity contribution in [2.24, 2.45) is 0 Å². The molecule has 8 heteroatoms. The molecule has 1 aromatic heterocycles. The molecule has 0 aromatic carbocycles. The molecule has 1 aliphatic rings. The number of carboxylic acid groups (broad SMARTS) is 1. The number of hydrogen-bond acceptors (Lipinski definition) is 6. The number of amides is 1. The number of rotatable bonds is 6. The zero-order valence-corrected chi connectivity index (χ0v) is 14.6. The number of aromatic nitrogens is 1. The van der Waals surface area contributed by atoms with Gasteiger partial charge in [-0.25, -0.2) is 4.98 Å². The quantitative estimate of drug-likeness (QED) is 0.827. The molecule has 0 bridgehead atoms. The second-order valence-corrected chi connectivity index (χ2v) is 6.79. The van der Waals surface area contributed by atoms with Crippen LogP contribution in [0.25, 0.3) is 0 Å². The molecule has 1 saturated heterocycles. The second-order valence-electron chi connectivity index (χ2n) is 5.71. The maximum atomic E-state index is 12.7. The first kappa shape index (κ1) is 17.8. The molecule has 23 heavy (non-hydrogen) atoms. The fourth-order valence-corrected chi connectivity index (χ4v) is 3.58. The van der Waals surface area contributed by atoms with Crippen LogP contribution in [0.5, 0.6) is 0 Å². The van der Waals surface area contributed by atoms with Gasteiger partial charge in [-0.3, -0.25) is 14.5 Å². The van der Waals surface area contributed by atoms with Crippen LogP contribution in [0, 0.1) is 6.92 Å². The van der Waals surface area contributed by atoms with Crippen molar-refractivity contribution in [2.75, 3.05) is 39.8 Å². The van der Waals surface area contributed by atoms with E-state index in [4.69, 9.17) is 9.84 Å². The Labute approximate surface area is 139 Å². The van der Waals surface area contributed by atoms with Gasteiger partial charge >= 0.3 is 5.97 Å². The molecule has 2 rings (SSSR count). The van der Waals surface area contributed by atoms with Crippen molar-refractivity contribution in [1.82, 2.24) is 14.8 Å². The van der Waals surface area contributed by atoms with Gasteiger partial charge in [0.25, 0.3) is 5.91 Å². The number of hydrogen-bond donors (Lipinski definition) is 1. The summed E-state index contributed by atoms with van der Waals surface area (Å²) in [4.78, 5) is 32.0. The van der Waals surface area contributed by atoms with Crippen LogP contribution < -0.4 is 0 Å². The number of carbonyl (C=O) groups is 2. The lowest BCUT2D eigenvalue weighted by molar-refractivity contribution is -0.138. The van der Waals surface area contributed by atoms with Crippen molar-refractivity contribution >= 4 is 23.2 Å². The number of ether oxygens (including phenoxy) is 1. The summed E-state index contributed by atoms with van der Waals surface area (Å²) in [7, 11) is 1.74. The summed E-state index contributed by atoms with van der Waals surface area (Å²) in [6.45, 7) is 5.82. The van der Waals surface area contributed by atoms with E-state index in [1.54, 1.807) is 16.8 Å². The highest BCUT2D eigenvalue weighted by atomic mass is 32.1. The smallest absolute Gasteiger partial charge is 0.317 e. The van der Waals surface area contributed by atoms with Crippen LogP contribution in [0.4, 0.5) is 0 Å². The maximum absolute atomic E-state index is 12.7. The molecule has 1 N–H and O–H groups in total. The number of aryl methyl sites for hydroxylation is 2. The molecule has 1 aromatic rings. The molecule has 0 spiro atoms. The molecule has 1 aliphatic heterocycles. The number of carbonyl (C=O) groups excluding carboxylic acids is 1. The lowest BCUT2D eigenvalue weighted by Crippen LogP contribution is -2.49. The van der Waals surface area contributed by atoms with Gasteiger partial charge in [0, 0.05) is 19.6 Å². The van der Waals surface area contributed by atoms with Crippen molar-refractivity contribution in [3.05, 3.63) is 15.6 Å². The number of likely N-dealkylation sites (N-methyl/N-ethyl adjacent to an activating group) is 1. The van der Waals surface area contributed by atoms with Crippen LogP contribution in [0.3, 0.4) is 0 Å². The molecule has 2 heterocycles. The minimum absolute atomic E-state index is 0.00566.